The van der Waals surface area contributed by atoms with E-state index in [0.717, 1.165) is 25.7 Å². The maximum absolute atomic E-state index is 11.5. The van der Waals surface area contributed by atoms with E-state index in [0.29, 0.717) is 6.04 Å². The molecule has 4 heteroatoms. The van der Waals surface area contributed by atoms with Crippen LogP contribution in [0.25, 0.3) is 0 Å². The van der Waals surface area contributed by atoms with Crippen LogP contribution in [0.5, 0.6) is 0 Å². The maximum Gasteiger partial charge on any atom is 0.210 e. The second kappa shape index (κ2) is 11.7. The summed E-state index contributed by atoms with van der Waals surface area (Å²) in [6.45, 7) is 12.6. The fourth-order valence-electron chi connectivity index (χ4n) is 2.48. The summed E-state index contributed by atoms with van der Waals surface area (Å²) in [6.07, 6.45) is 3.99. The Morgan fingerprint density at radius 1 is 1.27 bits per heavy atom. The Labute approximate surface area is 141 Å². The van der Waals surface area contributed by atoms with Crippen LogP contribution in [-0.4, -0.2) is 30.4 Å². The summed E-state index contributed by atoms with van der Waals surface area (Å²) in [6, 6.07) is 3.13. The molecule has 0 bridgehead atoms. The maximum atomic E-state index is 11.5. The van der Waals surface area contributed by atoms with Crippen LogP contribution >= 0.6 is 11.3 Å². The molecule has 1 heterocycles. The van der Waals surface area contributed by atoms with Gasteiger partial charge in [0, 0.05) is 17.0 Å². The van der Waals surface area contributed by atoms with Crippen LogP contribution in [-0.2, 0) is 11.2 Å². The first-order valence-electron chi connectivity index (χ1n) is 8.55. The van der Waals surface area contributed by atoms with E-state index in [1.54, 1.807) is 11.3 Å². The number of carbonyl (C=O) groups is 1. The Morgan fingerprint density at radius 3 is 2.36 bits per heavy atom. The van der Waals surface area contributed by atoms with Crippen molar-refractivity contribution in [1.82, 2.24) is 10.2 Å². The van der Waals surface area contributed by atoms with Crippen LogP contribution in [0.4, 0.5) is 0 Å². The molecule has 3 nitrogen and oxygen atoms in total. The number of rotatable bonds is 9. The van der Waals surface area contributed by atoms with Gasteiger partial charge in [-0.3, -0.25) is 4.79 Å². The first-order chi connectivity index (χ1) is 10.6. The third-order valence-electron chi connectivity index (χ3n) is 4.09. The lowest BCUT2D eigenvalue weighted by Gasteiger charge is -2.33. The molecule has 128 valence electrons. The van der Waals surface area contributed by atoms with Crippen molar-refractivity contribution in [1.29, 1.82) is 0 Å². The van der Waals surface area contributed by atoms with Gasteiger partial charge in [-0.25, -0.2) is 0 Å². The minimum absolute atomic E-state index is 0.202. The second-order valence-corrected chi connectivity index (χ2v) is 6.43. The molecule has 0 saturated carbocycles. The zero-order chi connectivity index (χ0) is 17.1. The molecule has 1 amide bonds. The summed E-state index contributed by atoms with van der Waals surface area (Å²) in [7, 11) is 1.99. The molecule has 3 atom stereocenters. The van der Waals surface area contributed by atoms with E-state index in [4.69, 9.17) is 0 Å². The number of likely N-dealkylation sites (N-methyl/N-ethyl adjacent to an activating group) is 1. The average molecular weight is 327 g/mol. The van der Waals surface area contributed by atoms with Gasteiger partial charge >= 0.3 is 0 Å². The van der Waals surface area contributed by atoms with Gasteiger partial charge in [0.1, 0.15) is 0 Å². The number of carbonyl (C=O) groups excluding carboxylic acids is 1. The molecule has 1 N–H and O–H groups in total. The van der Waals surface area contributed by atoms with Crippen LogP contribution in [0.2, 0.25) is 0 Å². The molecule has 0 saturated heterocycles. The van der Waals surface area contributed by atoms with E-state index in [9.17, 15) is 4.79 Å². The SMILES string of the molecule is CC.CCC(C)N(C=O)C(CC)c1ccsc1C[C@@H](C)NC. The lowest BCUT2D eigenvalue weighted by atomic mass is 9.99. The van der Waals surface area contributed by atoms with Crippen LogP contribution in [0, 0.1) is 0 Å². The molecule has 0 spiro atoms. The molecule has 0 fully saturated rings. The Hall–Kier alpha value is -0.870. The number of nitrogens with zero attached hydrogens (tertiary/aromatic N) is 1. The molecule has 0 radical (unpaired) electrons. The zero-order valence-corrected chi connectivity index (χ0v) is 16.2. The predicted octanol–water partition coefficient (Wildman–Crippen LogP) is 4.63. The molecule has 1 aromatic heterocycles. The van der Waals surface area contributed by atoms with E-state index in [1.165, 1.54) is 10.4 Å². The fourth-order valence-corrected chi connectivity index (χ4v) is 3.55. The van der Waals surface area contributed by atoms with Crippen molar-refractivity contribution in [2.45, 2.75) is 78.9 Å². The third kappa shape index (κ3) is 5.73. The van der Waals surface area contributed by atoms with Gasteiger partial charge in [-0.1, -0.05) is 27.7 Å². The van der Waals surface area contributed by atoms with Crippen LogP contribution in [0.3, 0.4) is 0 Å². The molecule has 0 aliphatic rings. The average Bonchev–Trinajstić information content (AvgIpc) is 3.01. The lowest BCUT2D eigenvalue weighted by molar-refractivity contribution is -0.122. The number of amides is 1. The Balaban J connectivity index is 0.00000211. The van der Waals surface area contributed by atoms with Gasteiger partial charge in [-0.15, -0.1) is 11.3 Å². The standard InChI is InChI=1S/C16H28N2OS.C2H6/c1-6-13(4)18(11-19)15(7-2)14-8-9-20-16(14)10-12(3)17-5;1-2/h8-9,11-13,15,17H,6-7,10H2,1-5H3;1-2H3/t12-,13?,15?;/m1./s1. The van der Waals surface area contributed by atoms with Crippen LogP contribution in [0.1, 0.15) is 70.9 Å². The highest BCUT2D eigenvalue weighted by Crippen LogP contribution is 2.32. The number of thiophene rings is 1. The Morgan fingerprint density at radius 2 is 1.91 bits per heavy atom. The molecule has 1 aromatic rings. The molecular weight excluding hydrogens is 292 g/mol. The Bertz CT molecular complexity index is 406. The Kier molecular flexibility index (Phi) is 11.2. The van der Waals surface area contributed by atoms with E-state index in [1.807, 2.05) is 25.8 Å². The first kappa shape index (κ1) is 21.1. The van der Waals surface area contributed by atoms with Gasteiger partial charge in [0.05, 0.1) is 6.04 Å². The summed E-state index contributed by atoms with van der Waals surface area (Å²) in [5.41, 5.74) is 1.33. The first-order valence-corrected chi connectivity index (χ1v) is 9.43. The lowest BCUT2D eigenvalue weighted by Crippen LogP contribution is -2.35. The minimum Gasteiger partial charge on any atom is -0.335 e. The highest BCUT2D eigenvalue weighted by Gasteiger charge is 2.24. The highest BCUT2D eigenvalue weighted by atomic mass is 32.1. The van der Waals surface area contributed by atoms with Gasteiger partial charge in [0.15, 0.2) is 0 Å². The van der Waals surface area contributed by atoms with Crippen molar-refractivity contribution < 1.29 is 4.79 Å². The fraction of sp³-hybridized carbons (Fsp3) is 0.722. The highest BCUT2D eigenvalue weighted by molar-refractivity contribution is 7.10. The smallest absolute Gasteiger partial charge is 0.210 e. The van der Waals surface area contributed by atoms with Crippen LogP contribution < -0.4 is 5.32 Å². The largest absolute Gasteiger partial charge is 0.335 e. The summed E-state index contributed by atoms with van der Waals surface area (Å²) in [5.74, 6) is 0. The predicted molar refractivity (Wildman–Crippen MR) is 98.6 cm³/mol. The van der Waals surface area contributed by atoms with Gasteiger partial charge in [-0.05, 0) is 57.2 Å². The molecule has 0 aliphatic carbocycles. The minimum atomic E-state index is 0.202. The van der Waals surface area contributed by atoms with E-state index in [2.05, 4.69) is 44.5 Å². The monoisotopic (exact) mass is 326 g/mol. The molecule has 1 rings (SSSR count). The summed E-state index contributed by atoms with van der Waals surface area (Å²) in [4.78, 5) is 14.9. The summed E-state index contributed by atoms with van der Waals surface area (Å²) in [5, 5.41) is 5.44. The van der Waals surface area contributed by atoms with Crippen molar-refractivity contribution >= 4 is 17.7 Å². The normalized spacial score (nSPS) is 14.5. The van der Waals surface area contributed by atoms with Gasteiger partial charge in [-0.2, -0.15) is 0 Å². The third-order valence-corrected chi connectivity index (χ3v) is 5.05. The number of nitrogens with one attached hydrogen (secondary N) is 1. The summed E-state index contributed by atoms with van der Waals surface area (Å²) < 4.78 is 0. The van der Waals surface area contributed by atoms with Crippen LogP contribution in [0.15, 0.2) is 11.4 Å². The van der Waals surface area contributed by atoms with Gasteiger partial charge in [0.2, 0.25) is 6.41 Å². The van der Waals surface area contributed by atoms with Crippen molar-refractivity contribution in [3.8, 4) is 0 Å². The van der Waals surface area contributed by atoms with Crippen molar-refractivity contribution in [3.05, 3.63) is 21.9 Å². The van der Waals surface area contributed by atoms with Gasteiger partial charge < -0.3 is 10.2 Å². The summed E-state index contributed by atoms with van der Waals surface area (Å²) >= 11 is 1.80. The van der Waals surface area contributed by atoms with Crippen molar-refractivity contribution in [3.63, 3.8) is 0 Å². The second-order valence-electron chi connectivity index (χ2n) is 5.43. The quantitative estimate of drug-likeness (QED) is 0.671. The van der Waals surface area contributed by atoms with E-state index in [-0.39, 0.29) is 12.1 Å². The topological polar surface area (TPSA) is 32.3 Å². The molecule has 22 heavy (non-hydrogen) atoms. The zero-order valence-electron chi connectivity index (χ0n) is 15.3. The van der Waals surface area contributed by atoms with Crippen molar-refractivity contribution in [2.75, 3.05) is 7.05 Å². The molecule has 0 aromatic carbocycles. The molecular formula is C18H34N2OS. The van der Waals surface area contributed by atoms with Crippen molar-refractivity contribution in [2.24, 2.45) is 0 Å². The van der Waals surface area contributed by atoms with E-state index >= 15 is 0 Å². The van der Waals surface area contributed by atoms with E-state index < -0.39 is 0 Å². The molecule has 0 aliphatic heterocycles. The molecule has 2 unspecified atom stereocenters. The number of hydrogen-bond acceptors (Lipinski definition) is 3. The van der Waals surface area contributed by atoms with Gasteiger partial charge in [0.25, 0.3) is 0 Å². The number of hydrogen-bond donors (Lipinski definition) is 1.